The lowest BCUT2D eigenvalue weighted by Crippen LogP contribution is -2.18. The van der Waals surface area contributed by atoms with E-state index in [0.29, 0.717) is 6.42 Å². The van der Waals surface area contributed by atoms with Crippen LogP contribution in [0.25, 0.3) is 0 Å². The molecule has 0 saturated carbocycles. The van der Waals surface area contributed by atoms with E-state index >= 15 is 0 Å². The van der Waals surface area contributed by atoms with Crippen LogP contribution in [0.5, 0.6) is 0 Å². The standard InChI is InChI=1S/C10H10BrIO2/c1-14-10(13)9(11)6-7-3-2-4-8(12)5-7/h2-5,9H,6H2,1H3. The molecule has 1 unspecified atom stereocenters. The van der Waals surface area contributed by atoms with Gasteiger partial charge in [0, 0.05) is 3.57 Å². The molecule has 1 atom stereocenters. The molecule has 0 fully saturated rings. The summed E-state index contributed by atoms with van der Waals surface area (Å²) in [5, 5.41) is 0. The van der Waals surface area contributed by atoms with Gasteiger partial charge in [0.2, 0.25) is 0 Å². The van der Waals surface area contributed by atoms with Crippen molar-refractivity contribution in [2.75, 3.05) is 7.11 Å². The van der Waals surface area contributed by atoms with E-state index in [0.717, 1.165) is 5.56 Å². The van der Waals surface area contributed by atoms with Gasteiger partial charge in [-0.25, -0.2) is 0 Å². The minimum Gasteiger partial charge on any atom is -0.468 e. The van der Waals surface area contributed by atoms with E-state index in [2.05, 4.69) is 49.3 Å². The van der Waals surface area contributed by atoms with Gasteiger partial charge in [-0.05, 0) is 46.7 Å². The number of rotatable bonds is 3. The van der Waals surface area contributed by atoms with Crippen LogP contribution >= 0.6 is 38.5 Å². The molecule has 0 bridgehead atoms. The maximum absolute atomic E-state index is 11.1. The van der Waals surface area contributed by atoms with E-state index in [-0.39, 0.29) is 10.8 Å². The summed E-state index contributed by atoms with van der Waals surface area (Å²) in [4.78, 5) is 10.9. The first-order valence-corrected chi connectivity index (χ1v) is 6.09. The quantitative estimate of drug-likeness (QED) is 0.466. The van der Waals surface area contributed by atoms with Crippen molar-refractivity contribution in [3.8, 4) is 0 Å². The van der Waals surface area contributed by atoms with E-state index in [1.807, 2.05) is 18.2 Å². The van der Waals surface area contributed by atoms with E-state index in [1.54, 1.807) is 0 Å². The Morgan fingerprint density at radius 3 is 2.93 bits per heavy atom. The van der Waals surface area contributed by atoms with Crippen molar-refractivity contribution in [2.24, 2.45) is 0 Å². The topological polar surface area (TPSA) is 26.3 Å². The second kappa shape index (κ2) is 5.70. The third-order valence-electron chi connectivity index (χ3n) is 1.76. The Hall–Kier alpha value is -0.100. The highest BCUT2D eigenvalue weighted by Gasteiger charge is 2.15. The molecule has 4 heteroatoms. The predicted molar refractivity (Wildman–Crippen MR) is 67.6 cm³/mol. The third kappa shape index (κ3) is 3.57. The zero-order valence-electron chi connectivity index (χ0n) is 7.67. The number of ether oxygens (including phenoxy) is 1. The van der Waals surface area contributed by atoms with Crippen LogP contribution in [0.1, 0.15) is 5.56 Å². The minimum absolute atomic E-state index is 0.233. The number of carbonyl (C=O) groups is 1. The molecule has 0 aliphatic heterocycles. The van der Waals surface area contributed by atoms with Crippen LogP contribution in [-0.2, 0) is 16.0 Å². The van der Waals surface area contributed by atoms with Gasteiger partial charge in [0.25, 0.3) is 0 Å². The van der Waals surface area contributed by atoms with Crippen molar-refractivity contribution in [1.29, 1.82) is 0 Å². The molecule has 1 rings (SSSR count). The van der Waals surface area contributed by atoms with Gasteiger partial charge in [-0.15, -0.1) is 0 Å². The molecule has 0 N–H and O–H groups in total. The fraction of sp³-hybridized carbons (Fsp3) is 0.300. The first-order chi connectivity index (χ1) is 6.63. The van der Waals surface area contributed by atoms with Gasteiger partial charge in [0.1, 0.15) is 4.83 Å². The van der Waals surface area contributed by atoms with Gasteiger partial charge in [0.05, 0.1) is 7.11 Å². The molecule has 0 aliphatic carbocycles. The van der Waals surface area contributed by atoms with Crippen molar-refractivity contribution in [3.05, 3.63) is 33.4 Å². The fourth-order valence-electron chi connectivity index (χ4n) is 1.08. The van der Waals surface area contributed by atoms with Crippen LogP contribution in [-0.4, -0.2) is 17.9 Å². The van der Waals surface area contributed by atoms with E-state index in [4.69, 9.17) is 0 Å². The van der Waals surface area contributed by atoms with Gasteiger partial charge >= 0.3 is 5.97 Å². The molecule has 1 aromatic rings. The van der Waals surface area contributed by atoms with Crippen molar-refractivity contribution < 1.29 is 9.53 Å². The van der Waals surface area contributed by atoms with E-state index in [9.17, 15) is 4.79 Å². The Morgan fingerprint density at radius 1 is 1.64 bits per heavy atom. The zero-order valence-corrected chi connectivity index (χ0v) is 11.4. The van der Waals surface area contributed by atoms with Gasteiger partial charge < -0.3 is 4.74 Å². The average molecular weight is 369 g/mol. The second-order valence-corrected chi connectivity index (χ2v) is 5.18. The van der Waals surface area contributed by atoms with Gasteiger partial charge in [-0.3, -0.25) is 4.79 Å². The van der Waals surface area contributed by atoms with Crippen LogP contribution in [0, 0.1) is 3.57 Å². The Kier molecular flexibility index (Phi) is 4.88. The van der Waals surface area contributed by atoms with Gasteiger partial charge in [-0.1, -0.05) is 28.1 Å². The van der Waals surface area contributed by atoms with Gasteiger partial charge in [-0.2, -0.15) is 0 Å². The maximum atomic E-state index is 11.1. The highest BCUT2D eigenvalue weighted by atomic mass is 127. The lowest BCUT2D eigenvalue weighted by molar-refractivity contribution is -0.139. The maximum Gasteiger partial charge on any atom is 0.319 e. The van der Waals surface area contributed by atoms with Crippen molar-refractivity contribution >= 4 is 44.5 Å². The Labute approximate surface area is 105 Å². The van der Waals surface area contributed by atoms with Crippen molar-refractivity contribution in [3.63, 3.8) is 0 Å². The Morgan fingerprint density at radius 2 is 2.36 bits per heavy atom. The summed E-state index contributed by atoms with van der Waals surface area (Å²) in [5.74, 6) is -0.233. The molecule has 2 nitrogen and oxygen atoms in total. The predicted octanol–water partition coefficient (Wildman–Crippen LogP) is 2.77. The molecule has 0 aromatic heterocycles. The highest BCUT2D eigenvalue weighted by Crippen LogP contribution is 2.14. The SMILES string of the molecule is COC(=O)C(Br)Cc1cccc(I)c1. The summed E-state index contributed by atoms with van der Waals surface area (Å²) in [6.45, 7) is 0. The molecule has 0 amide bonds. The molecule has 1 aromatic carbocycles. The molecule has 14 heavy (non-hydrogen) atoms. The van der Waals surface area contributed by atoms with Gasteiger partial charge in [0.15, 0.2) is 0 Å². The number of esters is 1. The van der Waals surface area contributed by atoms with Crippen LogP contribution in [0.15, 0.2) is 24.3 Å². The molecule has 76 valence electrons. The Bertz CT molecular complexity index is 328. The smallest absolute Gasteiger partial charge is 0.319 e. The van der Waals surface area contributed by atoms with Crippen molar-refractivity contribution in [1.82, 2.24) is 0 Å². The molecular weight excluding hydrogens is 359 g/mol. The zero-order chi connectivity index (χ0) is 10.6. The summed E-state index contributed by atoms with van der Waals surface area (Å²) >= 11 is 5.54. The molecular formula is C10H10BrIO2. The molecule has 0 radical (unpaired) electrons. The van der Waals surface area contributed by atoms with Crippen LogP contribution in [0.4, 0.5) is 0 Å². The number of halogens is 2. The normalized spacial score (nSPS) is 12.2. The summed E-state index contributed by atoms with van der Waals surface area (Å²) in [6, 6.07) is 8.05. The number of alkyl halides is 1. The monoisotopic (exact) mass is 368 g/mol. The van der Waals surface area contributed by atoms with Crippen LogP contribution < -0.4 is 0 Å². The number of carbonyl (C=O) groups excluding carboxylic acids is 1. The number of hydrogen-bond donors (Lipinski definition) is 0. The number of methoxy groups -OCH3 is 1. The summed E-state index contributed by atoms with van der Waals surface area (Å²) in [6.07, 6.45) is 0.656. The second-order valence-electron chi connectivity index (χ2n) is 2.82. The summed E-state index contributed by atoms with van der Waals surface area (Å²) < 4.78 is 5.80. The summed E-state index contributed by atoms with van der Waals surface area (Å²) in [5.41, 5.74) is 1.13. The molecule has 0 saturated heterocycles. The summed E-state index contributed by atoms with van der Waals surface area (Å²) in [7, 11) is 1.39. The highest BCUT2D eigenvalue weighted by molar-refractivity contribution is 14.1. The first-order valence-electron chi connectivity index (χ1n) is 4.10. The fourth-order valence-corrected chi connectivity index (χ4v) is 2.25. The van der Waals surface area contributed by atoms with Crippen LogP contribution in [0.3, 0.4) is 0 Å². The molecule has 0 heterocycles. The lowest BCUT2D eigenvalue weighted by Gasteiger charge is -2.07. The number of hydrogen-bond acceptors (Lipinski definition) is 2. The largest absolute Gasteiger partial charge is 0.468 e. The minimum atomic E-state index is -0.259. The Balaban J connectivity index is 2.64. The van der Waals surface area contributed by atoms with Crippen molar-refractivity contribution in [2.45, 2.75) is 11.2 Å². The average Bonchev–Trinajstić information content (AvgIpc) is 2.16. The van der Waals surface area contributed by atoms with E-state index < -0.39 is 0 Å². The van der Waals surface area contributed by atoms with E-state index in [1.165, 1.54) is 10.7 Å². The van der Waals surface area contributed by atoms with Crippen LogP contribution in [0.2, 0.25) is 0 Å². The first kappa shape index (κ1) is 12.0. The number of benzene rings is 1. The molecule has 0 spiro atoms. The third-order valence-corrected chi connectivity index (χ3v) is 3.13. The lowest BCUT2D eigenvalue weighted by atomic mass is 10.1. The molecule has 0 aliphatic rings.